The van der Waals surface area contributed by atoms with E-state index >= 15 is 0 Å². The van der Waals surface area contributed by atoms with Crippen LogP contribution in [-0.2, 0) is 9.59 Å². The molecule has 32 heavy (non-hydrogen) atoms. The number of benzene rings is 1. The Bertz CT molecular complexity index is 847. The number of amides is 2. The monoisotopic (exact) mass is 440 g/mol. The Kier molecular flexibility index (Phi) is 5.81. The molecule has 0 aromatic heterocycles. The van der Waals surface area contributed by atoms with Crippen molar-refractivity contribution in [1.29, 1.82) is 0 Å². The van der Waals surface area contributed by atoms with Crippen LogP contribution in [0.3, 0.4) is 0 Å². The van der Waals surface area contributed by atoms with E-state index < -0.39 is 6.04 Å². The first-order valence-electron chi connectivity index (χ1n) is 12.5. The number of likely N-dealkylation sites (tertiary alicyclic amines) is 1. The molecule has 4 saturated carbocycles. The number of hydrogen-bond acceptors (Lipinski definition) is 4. The van der Waals surface area contributed by atoms with Crippen molar-refractivity contribution in [2.45, 2.75) is 71.3 Å². The van der Waals surface area contributed by atoms with Crippen LogP contribution in [0.4, 0.5) is 5.69 Å². The van der Waals surface area contributed by atoms with E-state index in [1.54, 1.807) is 0 Å². The highest BCUT2D eigenvalue weighted by atomic mass is 16.5. The normalized spacial score (nSPS) is 32.8. The van der Waals surface area contributed by atoms with E-state index in [1.165, 1.54) is 19.3 Å². The molecule has 6 rings (SSSR count). The van der Waals surface area contributed by atoms with Crippen LogP contribution in [0.1, 0.15) is 65.2 Å². The van der Waals surface area contributed by atoms with Crippen LogP contribution in [0, 0.1) is 23.2 Å². The zero-order valence-corrected chi connectivity index (χ0v) is 19.4. The predicted octanol–water partition coefficient (Wildman–Crippen LogP) is 4.63. The van der Waals surface area contributed by atoms with Crippen molar-refractivity contribution in [3.63, 3.8) is 0 Å². The lowest BCUT2D eigenvalue weighted by molar-refractivity contribution is -0.160. The number of anilines is 1. The van der Waals surface area contributed by atoms with Crippen LogP contribution < -0.4 is 14.8 Å². The molecule has 6 heteroatoms. The Morgan fingerprint density at radius 3 is 2.31 bits per heavy atom. The summed E-state index contributed by atoms with van der Waals surface area (Å²) in [6, 6.07) is 5.09. The number of hydrogen-bond donors (Lipinski definition) is 1. The third-order valence-corrected chi connectivity index (χ3v) is 8.13. The highest BCUT2D eigenvalue weighted by Crippen LogP contribution is 2.60. The maximum absolute atomic E-state index is 13.9. The van der Waals surface area contributed by atoms with E-state index in [4.69, 9.17) is 9.47 Å². The number of nitrogens with one attached hydrogen (secondary N) is 1. The Labute approximate surface area is 191 Å². The van der Waals surface area contributed by atoms with Gasteiger partial charge >= 0.3 is 0 Å². The highest BCUT2D eigenvalue weighted by Gasteiger charge is 2.56. The third-order valence-electron chi connectivity index (χ3n) is 8.13. The van der Waals surface area contributed by atoms with Crippen LogP contribution in [0.2, 0.25) is 0 Å². The van der Waals surface area contributed by atoms with Crippen LogP contribution in [0.25, 0.3) is 0 Å². The molecule has 1 heterocycles. The molecule has 1 N–H and O–H groups in total. The second-order valence-corrected chi connectivity index (χ2v) is 10.4. The topological polar surface area (TPSA) is 67.9 Å². The van der Waals surface area contributed by atoms with Gasteiger partial charge in [0.2, 0.25) is 11.8 Å². The van der Waals surface area contributed by atoms with Gasteiger partial charge in [0.05, 0.1) is 24.3 Å². The average Bonchev–Trinajstić information content (AvgIpc) is 3.24. The van der Waals surface area contributed by atoms with E-state index in [9.17, 15) is 9.59 Å². The zero-order chi connectivity index (χ0) is 22.3. The first kappa shape index (κ1) is 21.6. The van der Waals surface area contributed by atoms with Gasteiger partial charge < -0.3 is 19.7 Å². The summed E-state index contributed by atoms with van der Waals surface area (Å²) in [5.74, 6) is 3.61. The van der Waals surface area contributed by atoms with Gasteiger partial charge in [-0.1, -0.05) is 0 Å². The first-order chi connectivity index (χ1) is 15.5. The summed E-state index contributed by atoms with van der Waals surface area (Å²) in [7, 11) is 0. The van der Waals surface area contributed by atoms with Crippen LogP contribution in [0.5, 0.6) is 11.5 Å². The van der Waals surface area contributed by atoms with Gasteiger partial charge in [-0.05, 0) is 95.1 Å². The molecule has 1 unspecified atom stereocenters. The number of ether oxygens (including phenoxy) is 2. The van der Waals surface area contributed by atoms with E-state index in [0.717, 1.165) is 49.9 Å². The largest absolute Gasteiger partial charge is 0.494 e. The quantitative estimate of drug-likeness (QED) is 0.671. The summed E-state index contributed by atoms with van der Waals surface area (Å²) in [4.78, 5) is 29.2. The minimum absolute atomic E-state index is 0.116. The van der Waals surface area contributed by atoms with E-state index in [1.807, 2.05) is 36.9 Å². The van der Waals surface area contributed by atoms with Crippen LogP contribution >= 0.6 is 0 Å². The standard InChI is InChI=1S/C26H36N2O4/c1-3-31-20-7-8-23(32-4-2)21(13-20)27-24(29)22-6-5-9-28(22)25(30)26-14-17-10-18(15-26)12-19(11-17)16-26/h7-8,13,17-19,22H,3-6,9-12,14-16H2,1-2H3,(H,27,29). The second-order valence-electron chi connectivity index (χ2n) is 10.4. The smallest absolute Gasteiger partial charge is 0.247 e. The molecule has 4 aliphatic carbocycles. The maximum Gasteiger partial charge on any atom is 0.247 e. The summed E-state index contributed by atoms with van der Waals surface area (Å²) in [5, 5.41) is 3.06. The van der Waals surface area contributed by atoms with Crippen molar-refractivity contribution in [3.05, 3.63) is 18.2 Å². The maximum atomic E-state index is 13.9. The molecule has 2 amide bonds. The number of rotatable bonds is 7. The molecule has 174 valence electrons. The minimum atomic E-state index is -0.402. The van der Waals surface area contributed by atoms with Crippen molar-refractivity contribution in [3.8, 4) is 11.5 Å². The van der Waals surface area contributed by atoms with E-state index in [2.05, 4.69) is 5.32 Å². The zero-order valence-electron chi connectivity index (χ0n) is 19.4. The summed E-state index contributed by atoms with van der Waals surface area (Å²) < 4.78 is 11.3. The predicted molar refractivity (Wildman–Crippen MR) is 123 cm³/mol. The van der Waals surface area contributed by atoms with E-state index in [0.29, 0.717) is 36.9 Å². The highest BCUT2D eigenvalue weighted by molar-refractivity contribution is 5.99. The van der Waals surface area contributed by atoms with Crippen LogP contribution in [0.15, 0.2) is 18.2 Å². The molecule has 1 aromatic carbocycles. The van der Waals surface area contributed by atoms with Gasteiger partial charge in [0.15, 0.2) is 0 Å². The molecule has 4 bridgehead atoms. The average molecular weight is 441 g/mol. The first-order valence-corrected chi connectivity index (χ1v) is 12.5. The molecular formula is C26H36N2O4. The summed E-state index contributed by atoms with van der Waals surface area (Å²) in [6.07, 6.45) is 8.65. The molecular weight excluding hydrogens is 404 g/mol. The van der Waals surface area contributed by atoms with E-state index in [-0.39, 0.29) is 17.2 Å². The number of nitrogens with zero attached hydrogens (tertiary/aromatic N) is 1. The summed E-state index contributed by atoms with van der Waals surface area (Å²) in [5.41, 5.74) is 0.403. The minimum Gasteiger partial charge on any atom is -0.494 e. The van der Waals surface area contributed by atoms with Crippen molar-refractivity contribution < 1.29 is 19.1 Å². The number of carbonyl (C=O) groups excluding carboxylic acids is 2. The van der Waals surface area contributed by atoms with Crippen molar-refractivity contribution in [2.75, 3.05) is 25.1 Å². The third kappa shape index (κ3) is 3.86. The molecule has 1 aliphatic heterocycles. The van der Waals surface area contributed by atoms with Gasteiger partial charge in [0, 0.05) is 12.6 Å². The molecule has 0 spiro atoms. The van der Waals surface area contributed by atoms with Crippen molar-refractivity contribution in [2.24, 2.45) is 23.2 Å². The molecule has 6 nitrogen and oxygen atoms in total. The fourth-order valence-electron chi connectivity index (χ4n) is 7.32. The summed E-state index contributed by atoms with van der Waals surface area (Å²) >= 11 is 0. The van der Waals surface area contributed by atoms with Gasteiger partial charge in [0.25, 0.3) is 0 Å². The molecule has 1 aromatic rings. The molecule has 1 atom stereocenters. The van der Waals surface area contributed by atoms with Gasteiger partial charge in [0.1, 0.15) is 17.5 Å². The van der Waals surface area contributed by atoms with Crippen LogP contribution in [-0.4, -0.2) is 42.5 Å². The van der Waals surface area contributed by atoms with Gasteiger partial charge in [-0.15, -0.1) is 0 Å². The van der Waals surface area contributed by atoms with Crippen molar-refractivity contribution in [1.82, 2.24) is 4.90 Å². The Morgan fingerprint density at radius 1 is 1.03 bits per heavy atom. The Balaban J connectivity index is 1.33. The summed E-state index contributed by atoms with van der Waals surface area (Å²) in [6.45, 7) is 5.61. The lowest BCUT2D eigenvalue weighted by Gasteiger charge is -2.56. The molecule has 1 saturated heterocycles. The molecule has 5 fully saturated rings. The fourth-order valence-corrected chi connectivity index (χ4v) is 7.32. The Hall–Kier alpha value is -2.24. The van der Waals surface area contributed by atoms with Gasteiger partial charge in [-0.2, -0.15) is 0 Å². The number of carbonyl (C=O) groups is 2. The Morgan fingerprint density at radius 2 is 1.69 bits per heavy atom. The lowest BCUT2D eigenvalue weighted by Crippen LogP contribution is -2.56. The van der Waals surface area contributed by atoms with Gasteiger partial charge in [-0.3, -0.25) is 9.59 Å². The second kappa shape index (κ2) is 8.60. The molecule has 0 radical (unpaired) electrons. The molecule has 5 aliphatic rings. The lowest BCUT2D eigenvalue weighted by atomic mass is 9.49. The SMILES string of the molecule is CCOc1ccc(OCC)c(NC(=O)C2CCCN2C(=O)C23CC4CC(CC(C4)C2)C3)c1. The van der Waals surface area contributed by atoms with Crippen molar-refractivity contribution >= 4 is 17.5 Å². The van der Waals surface area contributed by atoms with Gasteiger partial charge in [-0.25, -0.2) is 0 Å². The fraction of sp³-hybridized carbons (Fsp3) is 0.692.